The van der Waals surface area contributed by atoms with Crippen molar-refractivity contribution in [2.24, 2.45) is 5.84 Å². The van der Waals surface area contributed by atoms with Crippen LogP contribution < -0.4 is 16.6 Å². The van der Waals surface area contributed by atoms with Crippen molar-refractivity contribution in [3.63, 3.8) is 0 Å². The Morgan fingerprint density at radius 3 is 2.10 bits per heavy atom. The van der Waals surface area contributed by atoms with Gasteiger partial charge >= 0.3 is 0 Å². The Morgan fingerprint density at radius 1 is 0.952 bits per heavy atom. The minimum Gasteiger partial charge on any atom is -0.326 e. The smallest absolute Gasteiger partial charge is 0.241 e. The minimum atomic E-state index is -0.611. The van der Waals surface area contributed by atoms with Gasteiger partial charge in [0.15, 0.2) is 0 Å². The van der Waals surface area contributed by atoms with Crippen molar-refractivity contribution >= 4 is 17.5 Å². The number of para-hydroxylation sites is 1. The number of hydrogen-bond acceptors (Lipinski definition) is 3. The lowest BCUT2D eigenvalue weighted by Gasteiger charge is -2.15. The summed E-state index contributed by atoms with van der Waals surface area (Å²) in [5.74, 6) is 3.97. The second kappa shape index (κ2) is 7.21. The molecule has 4 N–H and O–H groups in total. The molecule has 5 heteroatoms. The van der Waals surface area contributed by atoms with Gasteiger partial charge in [-0.3, -0.25) is 15.0 Å². The van der Waals surface area contributed by atoms with Crippen LogP contribution in [0.2, 0.25) is 0 Å². The summed E-state index contributed by atoms with van der Waals surface area (Å²) in [6.07, 6.45) is 0.0297. The van der Waals surface area contributed by atoms with Gasteiger partial charge in [0.2, 0.25) is 11.8 Å². The van der Waals surface area contributed by atoms with Gasteiger partial charge in [-0.25, -0.2) is 5.84 Å². The van der Waals surface area contributed by atoms with Crippen LogP contribution in [0.5, 0.6) is 0 Å². The summed E-state index contributed by atoms with van der Waals surface area (Å²) in [4.78, 5) is 24.0. The Kier molecular flexibility index (Phi) is 5.06. The molecule has 1 atom stereocenters. The first-order valence-corrected chi connectivity index (χ1v) is 6.61. The molecule has 2 aromatic carbocycles. The fourth-order valence-corrected chi connectivity index (χ4v) is 2.07. The molecule has 0 saturated carbocycles. The Hall–Kier alpha value is -2.66. The average molecular weight is 283 g/mol. The summed E-state index contributed by atoms with van der Waals surface area (Å²) in [5.41, 5.74) is 3.56. The number of nitrogens with one attached hydrogen (secondary N) is 2. The molecule has 0 bridgehead atoms. The van der Waals surface area contributed by atoms with Crippen LogP contribution in [0.15, 0.2) is 60.7 Å². The van der Waals surface area contributed by atoms with E-state index in [1.807, 2.05) is 36.4 Å². The summed E-state index contributed by atoms with van der Waals surface area (Å²) >= 11 is 0. The fourth-order valence-electron chi connectivity index (χ4n) is 2.07. The van der Waals surface area contributed by atoms with E-state index < -0.39 is 5.92 Å². The van der Waals surface area contributed by atoms with Crippen molar-refractivity contribution in [1.82, 2.24) is 5.43 Å². The third kappa shape index (κ3) is 4.15. The van der Waals surface area contributed by atoms with Gasteiger partial charge in [0, 0.05) is 12.1 Å². The van der Waals surface area contributed by atoms with Gasteiger partial charge in [-0.2, -0.15) is 0 Å². The van der Waals surface area contributed by atoms with Gasteiger partial charge in [-0.1, -0.05) is 48.5 Å². The number of anilines is 1. The molecule has 5 nitrogen and oxygen atoms in total. The van der Waals surface area contributed by atoms with E-state index >= 15 is 0 Å². The lowest BCUT2D eigenvalue weighted by atomic mass is 9.94. The zero-order valence-corrected chi connectivity index (χ0v) is 11.5. The number of carbonyl (C=O) groups is 2. The molecule has 0 radical (unpaired) electrons. The first-order chi connectivity index (χ1) is 10.2. The third-order valence-corrected chi connectivity index (χ3v) is 3.11. The Balaban J connectivity index is 2.09. The van der Waals surface area contributed by atoms with E-state index in [9.17, 15) is 9.59 Å². The molecule has 0 aliphatic rings. The molecule has 0 saturated heterocycles. The molecule has 2 aromatic rings. The van der Waals surface area contributed by atoms with Gasteiger partial charge in [0.05, 0.1) is 5.92 Å². The molecular formula is C16H17N3O2. The maximum atomic E-state index is 12.1. The molecule has 0 spiro atoms. The van der Waals surface area contributed by atoms with E-state index in [-0.39, 0.29) is 18.2 Å². The molecule has 0 fully saturated rings. The van der Waals surface area contributed by atoms with Crippen LogP contribution in [0, 0.1) is 0 Å². The van der Waals surface area contributed by atoms with Crippen LogP contribution >= 0.6 is 0 Å². The summed E-state index contributed by atoms with van der Waals surface area (Å²) in [7, 11) is 0. The lowest BCUT2D eigenvalue weighted by molar-refractivity contribution is -0.126. The van der Waals surface area contributed by atoms with E-state index in [0.29, 0.717) is 5.69 Å². The SMILES string of the molecule is NNC(=O)C(CC(=O)Nc1ccccc1)c1ccccc1. The Bertz CT molecular complexity index is 599. The summed E-state index contributed by atoms with van der Waals surface area (Å²) in [6, 6.07) is 18.2. The normalized spacial score (nSPS) is 11.5. The zero-order chi connectivity index (χ0) is 15.1. The predicted octanol–water partition coefficient (Wildman–Crippen LogP) is 1.79. The van der Waals surface area contributed by atoms with E-state index in [2.05, 4.69) is 10.7 Å². The van der Waals surface area contributed by atoms with Crippen molar-refractivity contribution in [1.29, 1.82) is 0 Å². The molecule has 0 aliphatic heterocycles. The topological polar surface area (TPSA) is 84.2 Å². The predicted molar refractivity (Wildman–Crippen MR) is 81.2 cm³/mol. The molecular weight excluding hydrogens is 266 g/mol. The molecule has 0 heterocycles. The third-order valence-electron chi connectivity index (χ3n) is 3.11. The van der Waals surface area contributed by atoms with Gasteiger partial charge in [-0.05, 0) is 17.7 Å². The minimum absolute atomic E-state index is 0.0297. The summed E-state index contributed by atoms with van der Waals surface area (Å²) in [6.45, 7) is 0. The summed E-state index contributed by atoms with van der Waals surface area (Å²) < 4.78 is 0. The monoisotopic (exact) mass is 283 g/mol. The van der Waals surface area contributed by atoms with Crippen LogP contribution in [0.4, 0.5) is 5.69 Å². The molecule has 108 valence electrons. The van der Waals surface area contributed by atoms with Gasteiger partial charge in [-0.15, -0.1) is 0 Å². The average Bonchev–Trinajstić information content (AvgIpc) is 2.53. The van der Waals surface area contributed by atoms with Gasteiger partial charge in [0.25, 0.3) is 0 Å². The number of amides is 2. The van der Waals surface area contributed by atoms with Crippen LogP contribution in [0.1, 0.15) is 17.9 Å². The molecule has 2 rings (SSSR count). The maximum Gasteiger partial charge on any atom is 0.241 e. The second-order valence-corrected chi connectivity index (χ2v) is 4.59. The van der Waals surface area contributed by atoms with Crippen molar-refractivity contribution in [3.05, 3.63) is 66.2 Å². The van der Waals surface area contributed by atoms with Crippen molar-refractivity contribution in [2.45, 2.75) is 12.3 Å². The molecule has 0 aromatic heterocycles. The maximum absolute atomic E-state index is 12.1. The van der Waals surface area contributed by atoms with E-state index in [1.165, 1.54) is 0 Å². The fraction of sp³-hybridized carbons (Fsp3) is 0.125. The van der Waals surface area contributed by atoms with E-state index in [0.717, 1.165) is 5.56 Å². The van der Waals surface area contributed by atoms with Crippen LogP contribution in [-0.2, 0) is 9.59 Å². The zero-order valence-electron chi connectivity index (χ0n) is 11.5. The number of hydrogen-bond donors (Lipinski definition) is 3. The van der Waals surface area contributed by atoms with Crippen molar-refractivity contribution in [2.75, 3.05) is 5.32 Å². The highest BCUT2D eigenvalue weighted by Crippen LogP contribution is 2.20. The quantitative estimate of drug-likeness (QED) is 0.444. The number of nitrogens with two attached hydrogens (primary N) is 1. The van der Waals surface area contributed by atoms with Crippen LogP contribution in [0.25, 0.3) is 0 Å². The summed E-state index contributed by atoms with van der Waals surface area (Å²) in [5, 5.41) is 2.76. The highest BCUT2D eigenvalue weighted by molar-refractivity contribution is 5.95. The molecule has 21 heavy (non-hydrogen) atoms. The first-order valence-electron chi connectivity index (χ1n) is 6.61. The molecule has 2 amide bonds. The first kappa shape index (κ1) is 14.7. The van der Waals surface area contributed by atoms with Crippen LogP contribution in [0.3, 0.4) is 0 Å². The standard InChI is InChI=1S/C16H17N3O2/c17-19-16(21)14(12-7-3-1-4-8-12)11-15(20)18-13-9-5-2-6-10-13/h1-10,14H,11,17H2,(H,18,20)(H,19,21). The number of hydrazine groups is 1. The Morgan fingerprint density at radius 2 is 1.52 bits per heavy atom. The van der Waals surface area contributed by atoms with E-state index in [1.54, 1.807) is 24.3 Å². The van der Waals surface area contributed by atoms with Gasteiger partial charge in [0.1, 0.15) is 0 Å². The largest absolute Gasteiger partial charge is 0.326 e. The Labute approximate surface area is 123 Å². The lowest BCUT2D eigenvalue weighted by Crippen LogP contribution is -2.36. The van der Waals surface area contributed by atoms with Gasteiger partial charge < -0.3 is 5.32 Å². The van der Waals surface area contributed by atoms with E-state index in [4.69, 9.17) is 5.84 Å². The van der Waals surface area contributed by atoms with Crippen LogP contribution in [-0.4, -0.2) is 11.8 Å². The van der Waals surface area contributed by atoms with Crippen molar-refractivity contribution in [3.8, 4) is 0 Å². The highest BCUT2D eigenvalue weighted by atomic mass is 16.2. The second-order valence-electron chi connectivity index (χ2n) is 4.59. The number of rotatable bonds is 5. The number of benzene rings is 2. The molecule has 0 aliphatic carbocycles. The van der Waals surface area contributed by atoms with Crippen molar-refractivity contribution < 1.29 is 9.59 Å². The number of carbonyl (C=O) groups excluding carboxylic acids is 2. The molecule has 1 unspecified atom stereocenters. The highest BCUT2D eigenvalue weighted by Gasteiger charge is 2.23.